The monoisotopic (exact) mass is 377 g/mol. The summed E-state index contributed by atoms with van der Waals surface area (Å²) < 4.78 is 27.2. The van der Waals surface area contributed by atoms with E-state index in [0.717, 1.165) is 30.7 Å². The van der Waals surface area contributed by atoms with Gasteiger partial charge in [-0.25, -0.2) is 8.42 Å². The summed E-state index contributed by atoms with van der Waals surface area (Å²) in [5, 5.41) is 3.32. The number of piperazine rings is 1. The van der Waals surface area contributed by atoms with E-state index < -0.39 is 10.0 Å². The molecule has 23 heavy (non-hydrogen) atoms. The van der Waals surface area contributed by atoms with Crippen molar-refractivity contribution in [1.29, 1.82) is 0 Å². The fourth-order valence-corrected chi connectivity index (χ4v) is 6.07. The van der Waals surface area contributed by atoms with Crippen molar-refractivity contribution in [3.8, 4) is 0 Å². The Morgan fingerprint density at radius 2 is 2.04 bits per heavy atom. The van der Waals surface area contributed by atoms with E-state index in [1.165, 1.54) is 10.4 Å². The first kappa shape index (κ1) is 17.2. The molecule has 1 atom stereocenters. The first-order chi connectivity index (χ1) is 11.0. The molecule has 1 aromatic heterocycles. The van der Waals surface area contributed by atoms with Gasteiger partial charge in [-0.2, -0.15) is 4.31 Å². The van der Waals surface area contributed by atoms with E-state index in [1.54, 1.807) is 11.0 Å². The number of nitrogens with one attached hydrogen (secondary N) is 1. The zero-order chi connectivity index (χ0) is 16.4. The second-order valence-corrected chi connectivity index (χ2v) is 9.72. The molecule has 0 bridgehead atoms. The second-order valence-electron chi connectivity index (χ2n) is 5.84. The van der Waals surface area contributed by atoms with Gasteiger partial charge in [-0.15, -0.1) is 11.3 Å². The van der Waals surface area contributed by atoms with Gasteiger partial charge in [0.05, 0.1) is 4.34 Å². The minimum Gasteiger partial charge on any atom is -0.340 e. The quantitative estimate of drug-likeness (QED) is 0.860. The fourth-order valence-electron chi connectivity index (χ4n) is 3.01. The van der Waals surface area contributed by atoms with Gasteiger partial charge in [-0.05, 0) is 31.5 Å². The Bertz CT molecular complexity index is 663. The summed E-state index contributed by atoms with van der Waals surface area (Å²) in [4.78, 5) is 14.1. The van der Waals surface area contributed by atoms with Crippen LogP contribution in [0.4, 0.5) is 0 Å². The topological polar surface area (TPSA) is 69.7 Å². The summed E-state index contributed by atoms with van der Waals surface area (Å²) in [5.74, 6) is 0.112. The molecule has 0 spiro atoms. The smallest absolute Gasteiger partial charge is 0.252 e. The number of hydrogen-bond acceptors (Lipinski definition) is 5. The molecule has 128 valence electrons. The molecule has 0 saturated carbocycles. The van der Waals surface area contributed by atoms with Crippen LogP contribution in [0.1, 0.15) is 19.3 Å². The van der Waals surface area contributed by atoms with Crippen LogP contribution in [-0.2, 0) is 14.8 Å². The lowest BCUT2D eigenvalue weighted by Crippen LogP contribution is -2.51. The first-order valence-electron chi connectivity index (χ1n) is 7.73. The molecule has 0 aliphatic carbocycles. The van der Waals surface area contributed by atoms with E-state index in [1.807, 2.05) is 0 Å². The molecule has 2 aliphatic rings. The molecular formula is C14H20ClN3O3S2. The predicted octanol–water partition coefficient (Wildman–Crippen LogP) is 1.38. The molecule has 1 N–H and O–H groups in total. The highest BCUT2D eigenvalue weighted by Crippen LogP contribution is 2.28. The van der Waals surface area contributed by atoms with Crippen LogP contribution in [0.5, 0.6) is 0 Å². The van der Waals surface area contributed by atoms with Crippen molar-refractivity contribution in [3.05, 3.63) is 16.5 Å². The molecule has 1 amide bonds. The van der Waals surface area contributed by atoms with Gasteiger partial charge in [-0.3, -0.25) is 4.79 Å². The number of hydrogen-bond donors (Lipinski definition) is 1. The maximum absolute atomic E-state index is 12.5. The van der Waals surface area contributed by atoms with Crippen molar-refractivity contribution >= 4 is 38.9 Å². The van der Waals surface area contributed by atoms with E-state index in [0.29, 0.717) is 36.9 Å². The normalized spacial score (nSPS) is 23.3. The van der Waals surface area contributed by atoms with Crippen molar-refractivity contribution in [2.24, 2.45) is 0 Å². The van der Waals surface area contributed by atoms with Gasteiger partial charge in [0.1, 0.15) is 4.21 Å². The van der Waals surface area contributed by atoms with Gasteiger partial charge < -0.3 is 10.2 Å². The number of rotatable bonds is 4. The molecule has 1 unspecified atom stereocenters. The molecule has 3 rings (SSSR count). The number of halogens is 1. The Morgan fingerprint density at radius 1 is 1.30 bits per heavy atom. The number of nitrogens with zero attached hydrogens (tertiary/aromatic N) is 2. The third kappa shape index (κ3) is 3.88. The van der Waals surface area contributed by atoms with Crippen molar-refractivity contribution in [2.75, 3.05) is 32.7 Å². The Balaban J connectivity index is 1.56. The summed E-state index contributed by atoms with van der Waals surface area (Å²) in [6.07, 6.45) is 2.67. The van der Waals surface area contributed by atoms with E-state index in [4.69, 9.17) is 11.6 Å². The van der Waals surface area contributed by atoms with Crippen LogP contribution in [0.25, 0.3) is 0 Å². The van der Waals surface area contributed by atoms with Crippen molar-refractivity contribution in [1.82, 2.24) is 14.5 Å². The minimum atomic E-state index is -3.50. The zero-order valence-corrected chi connectivity index (χ0v) is 15.1. The molecule has 9 heteroatoms. The van der Waals surface area contributed by atoms with Crippen molar-refractivity contribution in [2.45, 2.75) is 29.5 Å². The number of amides is 1. The highest BCUT2D eigenvalue weighted by molar-refractivity contribution is 7.91. The lowest BCUT2D eigenvalue weighted by atomic mass is 10.1. The lowest BCUT2D eigenvalue weighted by Gasteiger charge is -2.34. The molecule has 2 aliphatic heterocycles. The van der Waals surface area contributed by atoms with E-state index >= 15 is 0 Å². The number of thiophene rings is 1. The largest absolute Gasteiger partial charge is 0.340 e. The van der Waals surface area contributed by atoms with Crippen LogP contribution >= 0.6 is 22.9 Å². The Labute approximate surface area is 145 Å². The van der Waals surface area contributed by atoms with Crippen LogP contribution in [0, 0.1) is 0 Å². The van der Waals surface area contributed by atoms with Crippen LogP contribution in [0.15, 0.2) is 16.3 Å². The molecule has 1 aromatic rings. The first-order valence-corrected chi connectivity index (χ1v) is 10.4. The molecule has 6 nitrogen and oxygen atoms in total. The fraction of sp³-hybridized carbons (Fsp3) is 0.643. The van der Waals surface area contributed by atoms with Gasteiger partial charge in [0.15, 0.2) is 0 Å². The molecule has 2 fully saturated rings. The van der Waals surface area contributed by atoms with Crippen molar-refractivity contribution in [3.63, 3.8) is 0 Å². The highest BCUT2D eigenvalue weighted by Gasteiger charge is 2.31. The standard InChI is InChI=1S/C14H20ClN3O3S2/c15-12-3-4-14(22-12)23(20,21)18-8-6-17(7-9-18)13(19)10-11-2-1-5-16-11/h3-4,11,16H,1-2,5-10H2. The third-order valence-electron chi connectivity index (χ3n) is 4.32. The molecule has 2 saturated heterocycles. The van der Waals surface area contributed by atoms with E-state index in [9.17, 15) is 13.2 Å². The summed E-state index contributed by atoms with van der Waals surface area (Å²) in [6.45, 7) is 2.55. The Morgan fingerprint density at radius 3 is 2.61 bits per heavy atom. The second kappa shape index (κ2) is 7.06. The summed E-state index contributed by atoms with van der Waals surface area (Å²) in [7, 11) is -3.50. The van der Waals surface area contributed by atoms with Crippen LogP contribution in [0.2, 0.25) is 4.34 Å². The predicted molar refractivity (Wildman–Crippen MR) is 90.3 cm³/mol. The highest BCUT2D eigenvalue weighted by atomic mass is 35.5. The maximum atomic E-state index is 12.5. The van der Waals surface area contributed by atoms with E-state index in [-0.39, 0.29) is 16.2 Å². The minimum absolute atomic E-state index is 0.112. The van der Waals surface area contributed by atoms with Gasteiger partial charge in [0, 0.05) is 38.6 Å². The number of carbonyl (C=O) groups excluding carboxylic acids is 1. The van der Waals surface area contributed by atoms with Gasteiger partial charge in [0.2, 0.25) is 5.91 Å². The Kier molecular flexibility index (Phi) is 5.27. The molecule has 0 radical (unpaired) electrons. The van der Waals surface area contributed by atoms with Crippen LogP contribution in [0.3, 0.4) is 0 Å². The van der Waals surface area contributed by atoms with Gasteiger partial charge in [-0.1, -0.05) is 11.6 Å². The SMILES string of the molecule is O=C(CC1CCCN1)N1CCN(S(=O)(=O)c2ccc(Cl)s2)CC1. The molecular weight excluding hydrogens is 358 g/mol. The number of sulfonamides is 1. The zero-order valence-electron chi connectivity index (χ0n) is 12.7. The summed E-state index contributed by atoms with van der Waals surface area (Å²) in [5.41, 5.74) is 0. The molecule has 0 aromatic carbocycles. The van der Waals surface area contributed by atoms with Gasteiger partial charge >= 0.3 is 0 Å². The van der Waals surface area contributed by atoms with Crippen LogP contribution < -0.4 is 5.32 Å². The van der Waals surface area contributed by atoms with Crippen molar-refractivity contribution < 1.29 is 13.2 Å². The van der Waals surface area contributed by atoms with Gasteiger partial charge in [0.25, 0.3) is 10.0 Å². The third-order valence-corrected chi connectivity index (χ3v) is 7.91. The van der Waals surface area contributed by atoms with Crippen LogP contribution in [-0.4, -0.2) is 62.3 Å². The summed E-state index contributed by atoms with van der Waals surface area (Å²) >= 11 is 6.89. The summed E-state index contributed by atoms with van der Waals surface area (Å²) in [6, 6.07) is 3.40. The average molecular weight is 378 g/mol. The van der Waals surface area contributed by atoms with E-state index in [2.05, 4.69) is 5.32 Å². The Hall–Kier alpha value is -0.670. The number of carbonyl (C=O) groups is 1. The average Bonchev–Trinajstić information content (AvgIpc) is 3.19. The lowest BCUT2D eigenvalue weighted by molar-refractivity contribution is -0.132. The molecule has 3 heterocycles. The maximum Gasteiger partial charge on any atom is 0.252 e.